The first-order chi connectivity index (χ1) is 16.2. The van der Waals surface area contributed by atoms with E-state index in [1.807, 2.05) is 30.3 Å². The fourth-order valence-electron chi connectivity index (χ4n) is 4.44. The van der Waals surface area contributed by atoms with Crippen LogP contribution in [0.3, 0.4) is 0 Å². The van der Waals surface area contributed by atoms with Crippen LogP contribution in [0.15, 0.2) is 48.5 Å². The molecule has 2 aromatic carbocycles. The second-order valence-corrected chi connectivity index (χ2v) is 8.51. The van der Waals surface area contributed by atoms with Gasteiger partial charge in [-0.1, -0.05) is 30.3 Å². The van der Waals surface area contributed by atoms with Crippen molar-refractivity contribution in [2.75, 3.05) is 12.8 Å². The number of aromatic nitrogens is 3. The first-order valence-electron chi connectivity index (χ1n) is 10.6. The number of methoxy groups -OCH3 is 1. The van der Waals surface area contributed by atoms with Gasteiger partial charge in [0.25, 0.3) is 5.91 Å². The van der Waals surface area contributed by atoms with Gasteiger partial charge >= 0.3 is 0 Å². The molecule has 174 valence electrons. The summed E-state index contributed by atoms with van der Waals surface area (Å²) in [5.74, 6) is -1.04. The Morgan fingerprint density at radius 3 is 2.53 bits per heavy atom. The molecule has 2 heterocycles. The molecule has 0 radical (unpaired) electrons. The number of hydrogen-bond donors (Lipinski definition) is 4. The third-order valence-electron chi connectivity index (χ3n) is 6.11. The minimum absolute atomic E-state index is 0.0302. The van der Waals surface area contributed by atoms with Crippen LogP contribution in [0.25, 0.3) is 33.4 Å². The van der Waals surface area contributed by atoms with Gasteiger partial charge in [-0.25, -0.2) is 14.1 Å². The summed E-state index contributed by atoms with van der Waals surface area (Å²) in [5.41, 5.74) is 18.3. The molecule has 10 heteroatoms. The molecule has 4 aromatic rings. The van der Waals surface area contributed by atoms with Gasteiger partial charge in [0.2, 0.25) is 0 Å². The number of nitrogens with two attached hydrogens (primary N) is 3. The van der Waals surface area contributed by atoms with Crippen LogP contribution in [0.4, 0.5) is 10.2 Å². The second-order valence-electron chi connectivity index (χ2n) is 8.51. The molecule has 1 amide bonds. The summed E-state index contributed by atoms with van der Waals surface area (Å²) in [7, 11) is 1.46. The lowest BCUT2D eigenvalue weighted by molar-refractivity contribution is -0.0643. The quantitative estimate of drug-likeness (QED) is 0.332. The molecule has 1 aliphatic rings. The SMILES string of the molecule is COc1cc(-c2ccccc2)nc2cc(-c3nn(C4CC(N)(O)C4)c(N)c3C(N)=O)cc(F)c12. The number of nitrogen functional groups attached to an aromatic ring is 1. The number of aliphatic hydroxyl groups is 1. The molecule has 5 rings (SSSR count). The van der Waals surface area contributed by atoms with Crippen molar-refractivity contribution in [1.82, 2.24) is 14.8 Å². The van der Waals surface area contributed by atoms with Crippen molar-refractivity contribution in [3.05, 3.63) is 59.9 Å². The molecular weight excluding hydrogens is 439 g/mol. The molecule has 7 N–H and O–H groups in total. The van der Waals surface area contributed by atoms with Gasteiger partial charge in [-0.15, -0.1) is 0 Å². The van der Waals surface area contributed by atoms with E-state index < -0.39 is 17.4 Å². The summed E-state index contributed by atoms with van der Waals surface area (Å²) in [6.45, 7) is 0. The smallest absolute Gasteiger partial charge is 0.254 e. The Morgan fingerprint density at radius 1 is 1.21 bits per heavy atom. The van der Waals surface area contributed by atoms with Crippen molar-refractivity contribution >= 4 is 22.6 Å². The highest BCUT2D eigenvalue weighted by molar-refractivity contribution is 6.04. The zero-order valence-corrected chi connectivity index (χ0v) is 18.3. The molecule has 0 spiro atoms. The number of amides is 1. The van der Waals surface area contributed by atoms with Crippen molar-refractivity contribution < 1.29 is 19.0 Å². The molecule has 9 nitrogen and oxygen atoms in total. The lowest BCUT2D eigenvalue weighted by Gasteiger charge is -2.40. The number of primary amides is 1. The van der Waals surface area contributed by atoms with E-state index in [2.05, 4.69) is 10.1 Å². The van der Waals surface area contributed by atoms with Gasteiger partial charge in [-0.05, 0) is 12.1 Å². The molecule has 0 unspecified atom stereocenters. The maximum Gasteiger partial charge on any atom is 0.254 e. The van der Waals surface area contributed by atoms with Gasteiger partial charge in [-0.3, -0.25) is 4.79 Å². The van der Waals surface area contributed by atoms with E-state index in [0.717, 1.165) is 5.56 Å². The summed E-state index contributed by atoms with van der Waals surface area (Å²) >= 11 is 0. The number of nitrogens with zero attached hydrogens (tertiary/aromatic N) is 3. The van der Waals surface area contributed by atoms with Crippen LogP contribution in [0.2, 0.25) is 0 Å². The van der Waals surface area contributed by atoms with Crippen LogP contribution in [-0.2, 0) is 0 Å². The normalized spacial score (nSPS) is 19.7. The van der Waals surface area contributed by atoms with Crippen LogP contribution in [0, 0.1) is 5.82 Å². The number of benzene rings is 2. The molecule has 0 aliphatic heterocycles. The van der Waals surface area contributed by atoms with Gasteiger partial charge in [0.05, 0.1) is 29.7 Å². The number of anilines is 1. The Bertz CT molecular complexity index is 1430. The minimum Gasteiger partial charge on any atom is -0.496 e. The Labute approximate surface area is 193 Å². The minimum atomic E-state index is -1.32. The van der Waals surface area contributed by atoms with Gasteiger partial charge in [-0.2, -0.15) is 5.10 Å². The van der Waals surface area contributed by atoms with Crippen molar-refractivity contribution in [2.24, 2.45) is 11.5 Å². The summed E-state index contributed by atoms with van der Waals surface area (Å²) in [5, 5.41) is 14.6. The second kappa shape index (κ2) is 7.79. The summed E-state index contributed by atoms with van der Waals surface area (Å²) in [6, 6.07) is 13.6. The molecule has 1 saturated carbocycles. The Hall–Kier alpha value is -4.02. The molecule has 0 atom stereocenters. The topological polar surface area (TPSA) is 155 Å². The highest BCUT2D eigenvalue weighted by atomic mass is 19.1. The van der Waals surface area contributed by atoms with E-state index in [0.29, 0.717) is 17.0 Å². The number of carbonyl (C=O) groups excluding carboxylic acids is 1. The number of hydrogen-bond acceptors (Lipinski definition) is 7. The van der Waals surface area contributed by atoms with Crippen LogP contribution < -0.4 is 21.9 Å². The number of carbonyl (C=O) groups is 1. The lowest BCUT2D eigenvalue weighted by atomic mass is 9.83. The van der Waals surface area contributed by atoms with E-state index in [1.165, 1.54) is 17.9 Å². The van der Waals surface area contributed by atoms with Crippen LogP contribution in [0.5, 0.6) is 5.75 Å². The van der Waals surface area contributed by atoms with Crippen molar-refractivity contribution in [1.29, 1.82) is 0 Å². The summed E-state index contributed by atoms with van der Waals surface area (Å²) in [6.07, 6.45) is 0.420. The van der Waals surface area contributed by atoms with E-state index in [4.69, 9.17) is 21.9 Å². The average molecular weight is 462 g/mol. The third-order valence-corrected chi connectivity index (χ3v) is 6.11. The van der Waals surface area contributed by atoms with E-state index in [1.54, 1.807) is 12.1 Å². The van der Waals surface area contributed by atoms with E-state index in [9.17, 15) is 9.90 Å². The van der Waals surface area contributed by atoms with Gasteiger partial charge in [0, 0.05) is 30.0 Å². The number of ether oxygens (including phenoxy) is 1. The zero-order valence-electron chi connectivity index (χ0n) is 18.3. The number of halogens is 1. The molecular formula is C24H23FN6O3. The Balaban J connectivity index is 1.69. The fraction of sp³-hybridized carbons (Fsp3) is 0.208. The molecule has 2 aromatic heterocycles. The molecule has 1 fully saturated rings. The summed E-state index contributed by atoms with van der Waals surface area (Å²) < 4.78 is 22.2. The number of rotatable bonds is 5. The highest BCUT2D eigenvalue weighted by Crippen LogP contribution is 2.42. The molecule has 0 bridgehead atoms. The van der Waals surface area contributed by atoms with Crippen LogP contribution in [-0.4, -0.2) is 38.6 Å². The monoisotopic (exact) mass is 462 g/mol. The van der Waals surface area contributed by atoms with Gasteiger partial charge in [0.15, 0.2) is 0 Å². The lowest BCUT2D eigenvalue weighted by Crippen LogP contribution is -2.52. The van der Waals surface area contributed by atoms with Gasteiger partial charge in [0.1, 0.15) is 34.4 Å². The maximum atomic E-state index is 15.3. The van der Waals surface area contributed by atoms with Gasteiger partial charge < -0.3 is 27.0 Å². The number of fused-ring (bicyclic) bond motifs is 1. The zero-order chi connectivity index (χ0) is 24.2. The molecule has 0 saturated heterocycles. The Morgan fingerprint density at radius 2 is 1.91 bits per heavy atom. The first kappa shape index (κ1) is 21.8. The molecule has 34 heavy (non-hydrogen) atoms. The summed E-state index contributed by atoms with van der Waals surface area (Å²) in [4.78, 5) is 16.9. The fourth-order valence-corrected chi connectivity index (χ4v) is 4.44. The first-order valence-corrected chi connectivity index (χ1v) is 10.6. The van der Waals surface area contributed by atoms with E-state index in [-0.39, 0.29) is 46.9 Å². The predicted molar refractivity (Wildman–Crippen MR) is 125 cm³/mol. The van der Waals surface area contributed by atoms with Crippen molar-refractivity contribution in [3.8, 4) is 28.3 Å². The van der Waals surface area contributed by atoms with Crippen LogP contribution in [0.1, 0.15) is 29.2 Å². The van der Waals surface area contributed by atoms with Crippen molar-refractivity contribution in [3.63, 3.8) is 0 Å². The van der Waals surface area contributed by atoms with Crippen LogP contribution >= 0.6 is 0 Å². The third kappa shape index (κ3) is 3.53. The van der Waals surface area contributed by atoms with Crippen molar-refractivity contribution in [2.45, 2.75) is 24.6 Å². The number of pyridine rings is 1. The Kier molecular flexibility index (Phi) is 4.99. The molecule has 1 aliphatic carbocycles. The largest absolute Gasteiger partial charge is 0.496 e. The highest BCUT2D eigenvalue weighted by Gasteiger charge is 2.42. The maximum absolute atomic E-state index is 15.3. The predicted octanol–water partition coefficient (Wildman–Crippen LogP) is 2.58. The standard InChI is InChI=1S/C24H23FN6O3/c1-34-18-9-16(12-5-3-2-4-6-12)29-17-8-13(7-15(25)19(17)18)21-20(23(27)32)22(26)31(30-21)14-10-24(28,33)11-14/h2-9,14,33H,10-11,26,28H2,1H3,(H2,27,32). The average Bonchev–Trinajstić information content (AvgIpc) is 3.14. The van der Waals surface area contributed by atoms with E-state index >= 15 is 4.39 Å².